The van der Waals surface area contributed by atoms with Crippen LogP contribution in [0.3, 0.4) is 0 Å². The van der Waals surface area contributed by atoms with Crippen LogP contribution in [-0.2, 0) is 6.54 Å². The number of hydrogen-bond donors (Lipinski definition) is 1. The van der Waals surface area contributed by atoms with Gasteiger partial charge in [0.1, 0.15) is 0 Å². The molecular weight excluding hydrogens is 190 g/mol. The average Bonchev–Trinajstić information content (AvgIpc) is 2.48. The van der Waals surface area contributed by atoms with E-state index in [9.17, 15) is 4.79 Å². The molecule has 0 saturated heterocycles. The van der Waals surface area contributed by atoms with E-state index in [1.54, 1.807) is 9.13 Å². The zero-order valence-corrected chi connectivity index (χ0v) is 9.97. The maximum Gasteiger partial charge on any atom is 0.328 e. The molecule has 1 aromatic rings. The molecule has 15 heavy (non-hydrogen) atoms. The largest absolute Gasteiger partial charge is 0.328 e. The molecule has 1 rings (SSSR count). The summed E-state index contributed by atoms with van der Waals surface area (Å²) in [6.45, 7) is 8.71. The second kappa shape index (κ2) is 4.66. The highest BCUT2D eigenvalue weighted by atomic mass is 16.1. The maximum atomic E-state index is 11.8. The van der Waals surface area contributed by atoms with Gasteiger partial charge in [-0.15, -0.1) is 0 Å². The summed E-state index contributed by atoms with van der Waals surface area (Å²) in [4.78, 5) is 11.8. The molecule has 4 heteroatoms. The van der Waals surface area contributed by atoms with Crippen LogP contribution in [0.1, 0.15) is 33.7 Å². The minimum atomic E-state index is 0.0288. The smallest absolute Gasteiger partial charge is 0.326 e. The van der Waals surface area contributed by atoms with Crippen LogP contribution in [-0.4, -0.2) is 15.2 Å². The molecule has 1 heterocycles. The Bertz CT molecular complexity index is 362. The normalized spacial score (nSPS) is 13.8. The van der Waals surface area contributed by atoms with Gasteiger partial charge in [0.2, 0.25) is 0 Å². The van der Waals surface area contributed by atoms with Gasteiger partial charge in [-0.25, -0.2) is 4.79 Å². The highest BCUT2D eigenvalue weighted by molar-refractivity contribution is 4.85. The summed E-state index contributed by atoms with van der Waals surface area (Å²) < 4.78 is 3.40. The first-order valence-electron chi connectivity index (χ1n) is 5.46. The van der Waals surface area contributed by atoms with E-state index in [1.165, 1.54) is 0 Å². The second-order valence-electron chi connectivity index (χ2n) is 4.64. The Balaban J connectivity index is 2.84. The Morgan fingerprint density at radius 3 is 2.27 bits per heavy atom. The van der Waals surface area contributed by atoms with Gasteiger partial charge in [0, 0.05) is 31.0 Å². The Labute approximate surface area is 90.7 Å². The van der Waals surface area contributed by atoms with Crippen molar-refractivity contribution >= 4 is 0 Å². The minimum Gasteiger partial charge on any atom is -0.326 e. The molecule has 86 valence electrons. The van der Waals surface area contributed by atoms with Crippen LogP contribution < -0.4 is 11.4 Å². The van der Waals surface area contributed by atoms with E-state index in [1.807, 2.05) is 26.2 Å². The summed E-state index contributed by atoms with van der Waals surface area (Å²) in [7, 11) is 0. The quantitative estimate of drug-likeness (QED) is 0.814. The Hall–Kier alpha value is -1.03. The number of hydrogen-bond acceptors (Lipinski definition) is 2. The zero-order valence-electron chi connectivity index (χ0n) is 9.97. The molecule has 4 nitrogen and oxygen atoms in total. The maximum absolute atomic E-state index is 11.8. The van der Waals surface area contributed by atoms with Gasteiger partial charge in [-0.05, 0) is 19.8 Å². The van der Waals surface area contributed by atoms with Gasteiger partial charge in [-0.2, -0.15) is 0 Å². The van der Waals surface area contributed by atoms with Crippen molar-refractivity contribution in [2.75, 3.05) is 0 Å². The number of aromatic nitrogens is 2. The van der Waals surface area contributed by atoms with Gasteiger partial charge in [0.05, 0.1) is 0 Å². The van der Waals surface area contributed by atoms with Crippen LogP contribution in [0.15, 0.2) is 17.2 Å². The van der Waals surface area contributed by atoms with Crippen LogP contribution >= 0.6 is 0 Å². The molecule has 0 radical (unpaired) electrons. The highest BCUT2D eigenvalue weighted by Gasteiger charge is 2.11. The summed E-state index contributed by atoms with van der Waals surface area (Å²) >= 11 is 0. The van der Waals surface area contributed by atoms with E-state index in [0.29, 0.717) is 12.5 Å². The molecule has 0 aliphatic heterocycles. The molecule has 1 unspecified atom stereocenters. The van der Waals surface area contributed by atoms with E-state index < -0.39 is 0 Å². The van der Waals surface area contributed by atoms with Gasteiger partial charge in [0.25, 0.3) is 0 Å². The summed E-state index contributed by atoms with van der Waals surface area (Å²) in [6, 6.07) is 0.236. The first-order valence-corrected chi connectivity index (χ1v) is 5.46. The van der Waals surface area contributed by atoms with E-state index in [2.05, 4.69) is 13.8 Å². The Kier molecular flexibility index (Phi) is 3.74. The molecule has 1 aromatic heterocycles. The highest BCUT2D eigenvalue weighted by Crippen LogP contribution is 2.03. The summed E-state index contributed by atoms with van der Waals surface area (Å²) in [6.07, 6.45) is 3.63. The molecule has 0 amide bonds. The van der Waals surface area contributed by atoms with Gasteiger partial charge < -0.3 is 5.73 Å². The number of nitrogens with zero attached hydrogens (tertiary/aromatic N) is 2. The van der Waals surface area contributed by atoms with Crippen molar-refractivity contribution in [3.63, 3.8) is 0 Å². The molecule has 0 fully saturated rings. The van der Waals surface area contributed by atoms with Crippen LogP contribution in [0.2, 0.25) is 0 Å². The summed E-state index contributed by atoms with van der Waals surface area (Å²) in [5, 5.41) is 0. The number of nitrogens with two attached hydrogens (primary N) is 1. The van der Waals surface area contributed by atoms with Crippen molar-refractivity contribution < 1.29 is 0 Å². The van der Waals surface area contributed by atoms with Crippen LogP contribution in [0, 0.1) is 5.92 Å². The SMILES string of the molecule is CC(C)C(N)Cn1ccn(C(C)C)c1=O. The zero-order chi connectivity index (χ0) is 11.6. The summed E-state index contributed by atoms with van der Waals surface area (Å²) in [5.41, 5.74) is 5.96. The fraction of sp³-hybridized carbons (Fsp3) is 0.727. The molecule has 0 spiro atoms. The molecule has 0 aliphatic carbocycles. The molecule has 0 saturated carbocycles. The fourth-order valence-corrected chi connectivity index (χ4v) is 1.40. The number of imidazole rings is 1. The number of rotatable bonds is 4. The van der Waals surface area contributed by atoms with Crippen molar-refractivity contribution in [2.45, 2.75) is 46.3 Å². The van der Waals surface area contributed by atoms with Gasteiger partial charge in [-0.1, -0.05) is 13.8 Å². The van der Waals surface area contributed by atoms with Crippen LogP contribution in [0.5, 0.6) is 0 Å². The lowest BCUT2D eigenvalue weighted by Crippen LogP contribution is -2.36. The molecule has 0 bridgehead atoms. The van der Waals surface area contributed by atoms with Crippen molar-refractivity contribution in [2.24, 2.45) is 11.7 Å². The van der Waals surface area contributed by atoms with E-state index in [-0.39, 0.29) is 17.8 Å². The van der Waals surface area contributed by atoms with Gasteiger partial charge in [-0.3, -0.25) is 9.13 Å². The molecular formula is C11H21N3O. The van der Waals surface area contributed by atoms with Gasteiger partial charge in [0.15, 0.2) is 0 Å². The third-order valence-electron chi connectivity index (χ3n) is 2.69. The second-order valence-corrected chi connectivity index (χ2v) is 4.64. The Morgan fingerprint density at radius 2 is 1.87 bits per heavy atom. The van der Waals surface area contributed by atoms with E-state index in [0.717, 1.165) is 0 Å². The van der Waals surface area contributed by atoms with E-state index in [4.69, 9.17) is 5.73 Å². The predicted molar refractivity (Wildman–Crippen MR) is 61.9 cm³/mol. The van der Waals surface area contributed by atoms with Crippen molar-refractivity contribution in [3.8, 4) is 0 Å². The van der Waals surface area contributed by atoms with Crippen molar-refractivity contribution in [3.05, 3.63) is 22.9 Å². The topological polar surface area (TPSA) is 52.9 Å². The lowest BCUT2D eigenvalue weighted by atomic mass is 10.1. The minimum absolute atomic E-state index is 0.0288. The van der Waals surface area contributed by atoms with Gasteiger partial charge >= 0.3 is 5.69 Å². The lowest BCUT2D eigenvalue weighted by Gasteiger charge is -2.15. The lowest BCUT2D eigenvalue weighted by molar-refractivity contribution is 0.422. The first-order chi connectivity index (χ1) is 6.93. The third kappa shape index (κ3) is 2.72. The standard InChI is InChI=1S/C11H21N3O/c1-8(2)10(12)7-13-5-6-14(9(3)4)11(13)15/h5-6,8-10H,7,12H2,1-4H3. The van der Waals surface area contributed by atoms with Crippen LogP contribution in [0.25, 0.3) is 0 Å². The molecule has 0 aromatic carbocycles. The molecule has 1 atom stereocenters. The predicted octanol–water partition coefficient (Wildman–Crippen LogP) is 1.21. The fourth-order valence-electron chi connectivity index (χ4n) is 1.40. The Morgan fingerprint density at radius 1 is 1.27 bits per heavy atom. The average molecular weight is 211 g/mol. The van der Waals surface area contributed by atoms with Crippen molar-refractivity contribution in [1.29, 1.82) is 0 Å². The third-order valence-corrected chi connectivity index (χ3v) is 2.69. The van der Waals surface area contributed by atoms with Crippen molar-refractivity contribution in [1.82, 2.24) is 9.13 Å². The molecule has 0 aliphatic rings. The van der Waals surface area contributed by atoms with Crippen LogP contribution in [0.4, 0.5) is 0 Å². The summed E-state index contributed by atoms with van der Waals surface area (Å²) in [5.74, 6) is 0.388. The van der Waals surface area contributed by atoms with E-state index >= 15 is 0 Å². The molecule has 2 N–H and O–H groups in total. The monoisotopic (exact) mass is 211 g/mol. The first kappa shape index (κ1) is 12.0.